The SMILES string of the molecule is CC(C)[Si](C#CP(CC[P@@](C#C[Si](C(C)C)(C(C)C)C(C)C)C(C)(C)C)C(C)(C)C)(C(C)C)C(C)C. The van der Waals surface area contributed by atoms with Crippen molar-refractivity contribution in [3.8, 4) is 22.4 Å². The fourth-order valence-corrected chi connectivity index (χ4v) is 22.7. The van der Waals surface area contributed by atoms with Crippen molar-refractivity contribution in [2.24, 2.45) is 0 Å². The molecule has 0 nitrogen and oxygen atoms in total. The van der Waals surface area contributed by atoms with Crippen LogP contribution in [0.4, 0.5) is 0 Å². The van der Waals surface area contributed by atoms with Gasteiger partial charge in [-0.2, -0.15) is 0 Å². The Morgan fingerprint density at radius 3 is 0.778 bits per heavy atom. The largest absolute Gasteiger partial charge is 0.146 e. The van der Waals surface area contributed by atoms with Gasteiger partial charge < -0.3 is 0 Å². The average molecular weight is 567 g/mol. The standard InChI is InChI=1S/C32H64P2Si2/c1-25(2)35(26(3)4,27(5)6)23-21-33(31(13,14)15)19-20-34(32(16,17)18)22-24-36(28(7)8,29(9)10)30(11)12/h25-30H,19-20H2,1-18H3/t33-,34?/m0/s1. The average Bonchev–Trinajstić information content (AvgIpc) is 2.65. The lowest BCUT2D eigenvalue weighted by molar-refractivity contribution is 0.781. The Hall–Kier alpha value is 0.414. The predicted octanol–water partition coefficient (Wildman–Crippen LogP) is 11.9. The van der Waals surface area contributed by atoms with Gasteiger partial charge in [0, 0.05) is 0 Å². The molecule has 0 fully saturated rings. The Labute approximate surface area is 234 Å². The number of rotatable bonds is 9. The molecule has 0 radical (unpaired) electrons. The van der Waals surface area contributed by atoms with Gasteiger partial charge in [0.2, 0.25) is 0 Å². The second-order valence-corrected chi connectivity index (χ2v) is 31.8. The lowest BCUT2D eigenvalue weighted by atomic mass is 10.3. The molecule has 0 amide bonds. The minimum atomic E-state index is -1.70. The third-order valence-corrected chi connectivity index (χ3v) is 27.4. The molecule has 0 aliphatic rings. The maximum absolute atomic E-state index is 4.10. The van der Waals surface area contributed by atoms with Crippen molar-refractivity contribution < 1.29 is 0 Å². The van der Waals surface area contributed by atoms with Crippen LogP contribution in [-0.2, 0) is 0 Å². The van der Waals surface area contributed by atoms with Crippen molar-refractivity contribution in [2.75, 3.05) is 12.3 Å². The van der Waals surface area contributed by atoms with Crippen molar-refractivity contribution in [1.82, 2.24) is 0 Å². The Morgan fingerprint density at radius 2 is 0.639 bits per heavy atom. The van der Waals surface area contributed by atoms with Gasteiger partial charge in [-0.15, -0.1) is 11.1 Å². The van der Waals surface area contributed by atoms with E-state index in [9.17, 15) is 0 Å². The molecule has 0 bridgehead atoms. The van der Waals surface area contributed by atoms with E-state index in [1.54, 1.807) is 0 Å². The zero-order chi connectivity index (χ0) is 28.9. The highest BCUT2D eigenvalue weighted by atomic mass is 31.1. The van der Waals surface area contributed by atoms with Crippen LogP contribution in [0.2, 0.25) is 33.2 Å². The van der Waals surface area contributed by atoms with E-state index in [0.717, 1.165) is 0 Å². The summed E-state index contributed by atoms with van der Waals surface area (Å²) in [6, 6.07) is 0. The van der Waals surface area contributed by atoms with Gasteiger partial charge in [0.15, 0.2) is 0 Å². The van der Waals surface area contributed by atoms with E-state index in [1.807, 2.05) is 0 Å². The molecule has 0 N–H and O–H groups in total. The Morgan fingerprint density at radius 1 is 0.444 bits per heavy atom. The van der Waals surface area contributed by atoms with Crippen molar-refractivity contribution in [2.45, 2.75) is 168 Å². The Bertz CT molecular complexity index is 675. The van der Waals surface area contributed by atoms with E-state index in [2.05, 4.69) is 147 Å². The summed E-state index contributed by atoms with van der Waals surface area (Å²) in [6.07, 6.45) is 2.48. The zero-order valence-electron chi connectivity index (χ0n) is 27.8. The first-order valence-corrected chi connectivity index (χ1v) is 22.2. The summed E-state index contributed by atoms with van der Waals surface area (Å²) in [5.74, 6) is 0. The van der Waals surface area contributed by atoms with Crippen LogP contribution in [0.3, 0.4) is 0 Å². The molecule has 2 atom stereocenters. The normalized spacial score (nSPS) is 15.4. The van der Waals surface area contributed by atoms with Crippen LogP contribution in [0, 0.1) is 22.4 Å². The molecule has 0 spiro atoms. The van der Waals surface area contributed by atoms with Crippen LogP contribution in [0.5, 0.6) is 0 Å². The highest BCUT2D eigenvalue weighted by molar-refractivity contribution is 7.68. The predicted molar refractivity (Wildman–Crippen MR) is 181 cm³/mol. The minimum Gasteiger partial charge on any atom is -0.126 e. The van der Waals surface area contributed by atoms with Gasteiger partial charge in [-0.1, -0.05) is 136 Å². The fraction of sp³-hybridized carbons (Fsp3) is 0.875. The summed E-state index contributed by atoms with van der Waals surface area (Å²) in [6.45, 7) is 43.8. The van der Waals surface area contributed by atoms with Crippen molar-refractivity contribution in [1.29, 1.82) is 0 Å². The Kier molecular flexibility index (Phi) is 14.3. The number of hydrogen-bond donors (Lipinski definition) is 0. The maximum atomic E-state index is 4.10. The highest BCUT2D eigenvalue weighted by Gasteiger charge is 2.43. The van der Waals surface area contributed by atoms with E-state index in [1.165, 1.54) is 12.3 Å². The molecule has 210 valence electrons. The van der Waals surface area contributed by atoms with Crippen LogP contribution < -0.4 is 0 Å². The quantitative estimate of drug-likeness (QED) is 0.148. The van der Waals surface area contributed by atoms with Crippen LogP contribution >= 0.6 is 15.8 Å². The monoisotopic (exact) mass is 566 g/mol. The first kappa shape index (κ1) is 36.4. The third-order valence-electron chi connectivity index (χ3n) is 8.71. The third kappa shape index (κ3) is 8.98. The molecule has 0 saturated heterocycles. The van der Waals surface area contributed by atoms with Crippen LogP contribution in [-0.4, -0.2) is 38.8 Å². The molecular formula is C32H64P2Si2. The first-order valence-electron chi connectivity index (χ1n) is 14.7. The lowest BCUT2D eigenvalue weighted by Gasteiger charge is -2.39. The van der Waals surface area contributed by atoms with E-state index in [4.69, 9.17) is 0 Å². The summed E-state index contributed by atoms with van der Waals surface area (Å²) >= 11 is 0. The highest BCUT2D eigenvalue weighted by Crippen LogP contribution is 2.56. The molecule has 0 heterocycles. The molecule has 4 heteroatoms. The minimum absolute atomic E-state index is 0.256. The molecule has 0 aromatic rings. The second-order valence-electron chi connectivity index (χ2n) is 14.9. The summed E-state index contributed by atoms with van der Waals surface area (Å²) in [5, 5.41) is 0.512. The summed E-state index contributed by atoms with van der Waals surface area (Å²) < 4.78 is 0. The van der Waals surface area contributed by atoms with Gasteiger partial charge in [0.05, 0.1) is 0 Å². The molecule has 0 saturated carbocycles. The summed E-state index contributed by atoms with van der Waals surface area (Å²) in [7, 11) is -4.13. The van der Waals surface area contributed by atoms with Crippen molar-refractivity contribution in [3.63, 3.8) is 0 Å². The maximum Gasteiger partial charge on any atom is 0.146 e. The summed E-state index contributed by atoms with van der Waals surface area (Å²) in [4.78, 5) is 0. The first-order chi connectivity index (χ1) is 16.1. The topological polar surface area (TPSA) is 0 Å². The van der Waals surface area contributed by atoms with Gasteiger partial charge in [0.1, 0.15) is 16.1 Å². The fourth-order valence-electron chi connectivity index (χ4n) is 6.51. The second kappa shape index (κ2) is 14.2. The molecule has 1 unspecified atom stereocenters. The molecule has 0 aromatic heterocycles. The van der Waals surface area contributed by atoms with Gasteiger partial charge >= 0.3 is 0 Å². The lowest BCUT2D eigenvalue weighted by Crippen LogP contribution is -2.43. The van der Waals surface area contributed by atoms with Crippen LogP contribution in [0.15, 0.2) is 0 Å². The van der Waals surface area contributed by atoms with Crippen LogP contribution in [0.1, 0.15) is 125 Å². The zero-order valence-corrected chi connectivity index (χ0v) is 31.6. The van der Waals surface area contributed by atoms with Gasteiger partial charge in [-0.05, 0) is 71.7 Å². The smallest absolute Gasteiger partial charge is 0.126 e. The van der Waals surface area contributed by atoms with E-state index in [-0.39, 0.29) is 26.2 Å². The number of hydrogen-bond acceptors (Lipinski definition) is 0. The van der Waals surface area contributed by atoms with Crippen molar-refractivity contribution >= 4 is 32.0 Å². The van der Waals surface area contributed by atoms with E-state index < -0.39 is 16.1 Å². The molecule has 0 aliphatic heterocycles. The van der Waals surface area contributed by atoms with Crippen molar-refractivity contribution in [3.05, 3.63) is 0 Å². The van der Waals surface area contributed by atoms with Crippen LogP contribution in [0.25, 0.3) is 0 Å². The molecular weight excluding hydrogens is 502 g/mol. The molecule has 0 aliphatic carbocycles. The molecule has 36 heavy (non-hydrogen) atoms. The Balaban J connectivity index is 6.41. The van der Waals surface area contributed by atoms with E-state index >= 15 is 0 Å². The van der Waals surface area contributed by atoms with Gasteiger partial charge in [-0.25, -0.2) is 0 Å². The summed E-state index contributed by atoms with van der Waals surface area (Å²) in [5.41, 5.74) is 20.4. The van der Waals surface area contributed by atoms with Gasteiger partial charge in [-0.3, -0.25) is 0 Å². The molecule has 0 aromatic carbocycles. The van der Waals surface area contributed by atoms with Gasteiger partial charge in [0.25, 0.3) is 0 Å². The molecule has 0 rings (SSSR count). The van der Waals surface area contributed by atoms with E-state index in [0.29, 0.717) is 33.2 Å².